The van der Waals surface area contributed by atoms with E-state index in [-0.39, 0.29) is 18.4 Å². The second-order valence-corrected chi connectivity index (χ2v) is 6.21. The highest BCUT2D eigenvalue weighted by Gasteiger charge is 2.34. The smallest absolute Gasteiger partial charge is 0.241 e. The molecule has 1 fully saturated rings. The molecule has 4 heterocycles. The van der Waals surface area contributed by atoms with Crippen LogP contribution in [0.25, 0.3) is 11.4 Å². The molecular formula is C16H19N5O3. The maximum Gasteiger partial charge on any atom is 0.241 e. The van der Waals surface area contributed by atoms with E-state index in [1.165, 1.54) is 0 Å². The van der Waals surface area contributed by atoms with Crippen LogP contribution in [0.3, 0.4) is 0 Å². The fraction of sp³-hybridized carbons (Fsp3) is 0.438. The molecule has 2 atom stereocenters. The lowest BCUT2D eigenvalue weighted by Crippen LogP contribution is -2.21. The molecule has 8 heteroatoms. The minimum Gasteiger partial charge on any atom is -0.472 e. The molecule has 0 bridgehead atoms. The Morgan fingerprint density at radius 3 is 3.00 bits per heavy atom. The van der Waals surface area contributed by atoms with E-state index in [0.29, 0.717) is 18.3 Å². The summed E-state index contributed by atoms with van der Waals surface area (Å²) in [5, 5.41) is 17.9. The Kier molecular flexibility index (Phi) is 3.91. The van der Waals surface area contributed by atoms with Gasteiger partial charge in [0.25, 0.3) is 0 Å². The molecule has 1 saturated heterocycles. The summed E-state index contributed by atoms with van der Waals surface area (Å²) >= 11 is 0. The molecule has 4 rings (SSSR count). The molecule has 0 unspecified atom stereocenters. The van der Waals surface area contributed by atoms with Gasteiger partial charge in [0, 0.05) is 44.8 Å². The highest BCUT2D eigenvalue weighted by Crippen LogP contribution is 2.33. The number of hydrogen-bond acceptors (Lipinski definition) is 7. The maximum absolute atomic E-state index is 9.70. The summed E-state index contributed by atoms with van der Waals surface area (Å²) in [4.78, 5) is 6.64. The Bertz CT molecular complexity index is 794. The second-order valence-electron chi connectivity index (χ2n) is 6.21. The van der Waals surface area contributed by atoms with Gasteiger partial charge in [0.05, 0.1) is 24.6 Å². The number of aryl methyl sites for hydroxylation is 1. The van der Waals surface area contributed by atoms with Gasteiger partial charge < -0.3 is 14.0 Å². The van der Waals surface area contributed by atoms with Gasteiger partial charge in [-0.1, -0.05) is 5.16 Å². The van der Waals surface area contributed by atoms with Crippen LogP contribution in [0.5, 0.6) is 0 Å². The van der Waals surface area contributed by atoms with Gasteiger partial charge in [-0.3, -0.25) is 9.58 Å². The zero-order chi connectivity index (χ0) is 16.5. The van der Waals surface area contributed by atoms with Crippen molar-refractivity contribution in [1.82, 2.24) is 24.8 Å². The summed E-state index contributed by atoms with van der Waals surface area (Å²) in [7, 11) is 1.90. The Balaban J connectivity index is 1.46. The number of aliphatic hydroxyl groups is 1. The number of furan rings is 1. The van der Waals surface area contributed by atoms with Crippen LogP contribution in [0, 0.1) is 5.92 Å². The first-order valence-corrected chi connectivity index (χ1v) is 7.90. The van der Waals surface area contributed by atoms with Crippen molar-refractivity contribution in [2.75, 3.05) is 19.7 Å². The van der Waals surface area contributed by atoms with Crippen molar-refractivity contribution in [2.24, 2.45) is 13.0 Å². The molecule has 1 N–H and O–H groups in total. The topological polar surface area (TPSA) is 93.4 Å². The van der Waals surface area contributed by atoms with Crippen molar-refractivity contribution >= 4 is 0 Å². The third-order valence-electron chi connectivity index (χ3n) is 4.51. The number of aliphatic hydroxyl groups excluding tert-OH is 1. The van der Waals surface area contributed by atoms with Crippen molar-refractivity contribution in [1.29, 1.82) is 0 Å². The van der Waals surface area contributed by atoms with E-state index in [1.54, 1.807) is 23.3 Å². The number of rotatable bonds is 5. The Morgan fingerprint density at radius 2 is 2.29 bits per heavy atom. The van der Waals surface area contributed by atoms with Gasteiger partial charge >= 0.3 is 0 Å². The summed E-state index contributed by atoms with van der Waals surface area (Å²) < 4.78 is 12.2. The molecule has 126 valence electrons. The van der Waals surface area contributed by atoms with Crippen LogP contribution in [0.1, 0.15) is 17.4 Å². The molecule has 0 amide bonds. The summed E-state index contributed by atoms with van der Waals surface area (Å²) in [5.74, 6) is 1.54. The molecule has 1 aliphatic rings. The van der Waals surface area contributed by atoms with Crippen LogP contribution < -0.4 is 0 Å². The Labute approximate surface area is 138 Å². The molecule has 3 aromatic rings. The first-order chi connectivity index (χ1) is 11.7. The van der Waals surface area contributed by atoms with Gasteiger partial charge in [0.15, 0.2) is 0 Å². The van der Waals surface area contributed by atoms with E-state index in [9.17, 15) is 5.11 Å². The first-order valence-electron chi connectivity index (χ1n) is 7.90. The van der Waals surface area contributed by atoms with Crippen molar-refractivity contribution in [2.45, 2.75) is 12.5 Å². The van der Waals surface area contributed by atoms with Gasteiger partial charge in [-0.2, -0.15) is 10.1 Å². The van der Waals surface area contributed by atoms with Crippen LogP contribution in [0.15, 0.2) is 39.9 Å². The third kappa shape index (κ3) is 2.85. The SMILES string of the molecule is Cn1cc([C@@H]2CN(Cc3nc(-c4ccoc4)no3)C[C@H]2CO)cn1. The first kappa shape index (κ1) is 15.1. The number of hydrogen-bond donors (Lipinski definition) is 1. The zero-order valence-electron chi connectivity index (χ0n) is 13.4. The number of nitrogens with zero attached hydrogens (tertiary/aromatic N) is 5. The lowest BCUT2D eigenvalue weighted by molar-refractivity contribution is 0.207. The standard InChI is InChI=1S/C16H19N5O3/c1-20-5-12(4-17-20)14-7-21(6-13(14)9-22)8-15-18-16(19-24-15)11-2-3-23-10-11/h2-5,10,13-14,22H,6-9H2,1H3/t13-,14-/m0/s1. The normalized spacial score (nSPS) is 21.6. The molecule has 24 heavy (non-hydrogen) atoms. The lowest BCUT2D eigenvalue weighted by atomic mass is 9.92. The summed E-state index contributed by atoms with van der Waals surface area (Å²) in [5.41, 5.74) is 1.96. The number of likely N-dealkylation sites (tertiary alicyclic amines) is 1. The molecule has 8 nitrogen and oxygen atoms in total. The van der Waals surface area contributed by atoms with Crippen LogP contribution in [0.4, 0.5) is 0 Å². The molecule has 0 aromatic carbocycles. The largest absolute Gasteiger partial charge is 0.472 e. The van der Waals surface area contributed by atoms with Gasteiger partial charge in [-0.05, 0) is 11.6 Å². The number of aromatic nitrogens is 4. The molecule has 0 aliphatic carbocycles. The van der Waals surface area contributed by atoms with Crippen molar-refractivity contribution in [3.05, 3.63) is 42.4 Å². The van der Waals surface area contributed by atoms with Crippen LogP contribution in [0.2, 0.25) is 0 Å². The minimum atomic E-state index is 0.153. The lowest BCUT2D eigenvalue weighted by Gasteiger charge is -2.13. The Hall–Kier alpha value is -2.45. The van der Waals surface area contributed by atoms with Crippen LogP contribution in [-0.4, -0.2) is 49.6 Å². The monoisotopic (exact) mass is 329 g/mol. The molecular weight excluding hydrogens is 310 g/mol. The quantitative estimate of drug-likeness (QED) is 0.753. The minimum absolute atomic E-state index is 0.153. The molecule has 0 saturated carbocycles. The average molecular weight is 329 g/mol. The van der Waals surface area contributed by atoms with Crippen LogP contribution >= 0.6 is 0 Å². The van der Waals surface area contributed by atoms with E-state index < -0.39 is 0 Å². The Morgan fingerprint density at radius 1 is 1.38 bits per heavy atom. The summed E-state index contributed by atoms with van der Waals surface area (Å²) in [6.07, 6.45) is 7.06. The highest BCUT2D eigenvalue weighted by atomic mass is 16.5. The van der Waals surface area contributed by atoms with Gasteiger partial charge in [-0.15, -0.1) is 0 Å². The summed E-state index contributed by atoms with van der Waals surface area (Å²) in [6, 6.07) is 1.80. The van der Waals surface area contributed by atoms with Gasteiger partial charge in [-0.25, -0.2) is 0 Å². The van der Waals surface area contributed by atoms with E-state index in [2.05, 4.69) is 20.1 Å². The maximum atomic E-state index is 9.70. The van der Waals surface area contributed by atoms with Gasteiger partial charge in [0.1, 0.15) is 6.26 Å². The van der Waals surface area contributed by atoms with Crippen molar-refractivity contribution < 1.29 is 14.0 Å². The molecule has 0 radical (unpaired) electrons. The van der Waals surface area contributed by atoms with Crippen molar-refractivity contribution in [3.8, 4) is 11.4 Å². The van der Waals surface area contributed by atoms with Gasteiger partial charge in [0.2, 0.25) is 11.7 Å². The predicted molar refractivity (Wildman–Crippen MR) is 83.8 cm³/mol. The highest BCUT2D eigenvalue weighted by molar-refractivity contribution is 5.51. The van der Waals surface area contributed by atoms with E-state index >= 15 is 0 Å². The average Bonchev–Trinajstić information content (AvgIpc) is 3.34. The molecule has 3 aromatic heterocycles. The fourth-order valence-electron chi connectivity index (χ4n) is 3.30. The second kappa shape index (κ2) is 6.21. The van der Waals surface area contributed by atoms with Crippen molar-refractivity contribution in [3.63, 3.8) is 0 Å². The van der Waals surface area contributed by atoms with E-state index in [0.717, 1.165) is 24.2 Å². The fourth-order valence-corrected chi connectivity index (χ4v) is 3.30. The van der Waals surface area contributed by atoms with E-state index in [4.69, 9.17) is 8.94 Å². The summed E-state index contributed by atoms with van der Waals surface area (Å²) in [6.45, 7) is 2.35. The third-order valence-corrected chi connectivity index (χ3v) is 4.51. The van der Waals surface area contributed by atoms with Crippen LogP contribution in [-0.2, 0) is 13.6 Å². The van der Waals surface area contributed by atoms with E-state index in [1.807, 2.05) is 19.4 Å². The predicted octanol–water partition coefficient (Wildman–Crippen LogP) is 1.27. The zero-order valence-corrected chi connectivity index (χ0v) is 13.4. The molecule has 1 aliphatic heterocycles. The molecule has 0 spiro atoms.